The fourth-order valence-electron chi connectivity index (χ4n) is 3.31. The topological polar surface area (TPSA) is 66.7 Å². The minimum absolute atomic E-state index is 0.168. The third-order valence-corrected chi connectivity index (χ3v) is 6.32. The van der Waals surface area contributed by atoms with E-state index in [1.54, 1.807) is 29.3 Å². The number of carbonyl (C=O) groups is 1. The molecule has 1 aliphatic heterocycles. The third-order valence-electron chi connectivity index (χ3n) is 4.95. The van der Waals surface area contributed by atoms with Crippen molar-refractivity contribution in [2.75, 3.05) is 11.9 Å². The molecule has 0 atom stereocenters. The highest BCUT2D eigenvalue weighted by molar-refractivity contribution is 8.26. The van der Waals surface area contributed by atoms with Crippen LogP contribution in [0.1, 0.15) is 30.0 Å². The molecule has 1 saturated heterocycles. The van der Waals surface area contributed by atoms with Gasteiger partial charge in [0.2, 0.25) is 0 Å². The smallest absolute Gasteiger partial charge is 0.267 e. The van der Waals surface area contributed by atoms with Crippen molar-refractivity contribution in [3.63, 3.8) is 0 Å². The predicted octanol–water partition coefficient (Wildman–Crippen LogP) is 4.23. The van der Waals surface area contributed by atoms with Crippen LogP contribution in [-0.2, 0) is 11.3 Å². The van der Waals surface area contributed by atoms with Crippen LogP contribution >= 0.6 is 24.0 Å². The zero-order valence-corrected chi connectivity index (χ0v) is 18.9. The number of rotatable bonds is 6. The molecule has 4 rings (SSSR count). The quantitative estimate of drug-likeness (QED) is 0.448. The van der Waals surface area contributed by atoms with E-state index in [4.69, 9.17) is 12.2 Å². The number of fused-ring (bicyclic) bond motifs is 1. The van der Waals surface area contributed by atoms with Crippen LogP contribution in [0.3, 0.4) is 0 Å². The van der Waals surface area contributed by atoms with Gasteiger partial charge in [-0.05, 0) is 37.1 Å². The van der Waals surface area contributed by atoms with E-state index in [9.17, 15) is 9.59 Å². The maximum atomic E-state index is 13.3. The van der Waals surface area contributed by atoms with Gasteiger partial charge in [-0.2, -0.15) is 0 Å². The first-order valence-electron chi connectivity index (χ1n) is 10.0. The molecule has 8 heteroatoms. The van der Waals surface area contributed by atoms with E-state index in [1.807, 2.05) is 44.2 Å². The summed E-state index contributed by atoms with van der Waals surface area (Å²) in [7, 11) is 0. The summed E-state index contributed by atoms with van der Waals surface area (Å²) in [5.74, 6) is 0.274. The summed E-state index contributed by atoms with van der Waals surface area (Å²) in [5.41, 5.74) is 2.89. The summed E-state index contributed by atoms with van der Waals surface area (Å²) in [6.07, 6.45) is 4.10. The van der Waals surface area contributed by atoms with Crippen molar-refractivity contribution in [2.45, 2.75) is 26.8 Å². The van der Waals surface area contributed by atoms with Gasteiger partial charge in [-0.25, -0.2) is 4.98 Å². The first kappa shape index (κ1) is 21.3. The highest BCUT2D eigenvalue weighted by Gasteiger charge is 2.31. The number of carbonyl (C=O) groups excluding carboxylic acids is 1. The molecule has 0 unspecified atom stereocenters. The lowest BCUT2D eigenvalue weighted by atomic mass is 10.1. The lowest BCUT2D eigenvalue weighted by Crippen LogP contribution is -2.28. The van der Waals surface area contributed by atoms with Gasteiger partial charge >= 0.3 is 0 Å². The Bertz CT molecular complexity index is 1250. The van der Waals surface area contributed by atoms with Crippen molar-refractivity contribution in [3.8, 4) is 0 Å². The lowest BCUT2D eigenvalue weighted by molar-refractivity contribution is -0.122. The Morgan fingerprint density at radius 2 is 1.94 bits per heavy atom. The first-order chi connectivity index (χ1) is 15.0. The normalized spacial score (nSPS) is 15.3. The van der Waals surface area contributed by atoms with Crippen LogP contribution in [0.4, 0.5) is 5.82 Å². The predicted molar refractivity (Wildman–Crippen MR) is 130 cm³/mol. The number of nitrogens with one attached hydrogen (secondary N) is 1. The van der Waals surface area contributed by atoms with Gasteiger partial charge in [0.25, 0.3) is 11.5 Å². The molecule has 3 heterocycles. The van der Waals surface area contributed by atoms with Crippen molar-refractivity contribution >= 4 is 51.7 Å². The van der Waals surface area contributed by atoms with Gasteiger partial charge in [0, 0.05) is 19.3 Å². The number of anilines is 1. The summed E-state index contributed by atoms with van der Waals surface area (Å²) in [5, 5.41) is 3.28. The average molecular weight is 451 g/mol. The number of benzene rings is 1. The van der Waals surface area contributed by atoms with E-state index in [0.717, 1.165) is 12.0 Å². The second-order valence-corrected chi connectivity index (χ2v) is 8.96. The first-order valence-corrected chi connectivity index (χ1v) is 11.3. The Kier molecular flexibility index (Phi) is 6.20. The van der Waals surface area contributed by atoms with E-state index in [-0.39, 0.29) is 11.5 Å². The van der Waals surface area contributed by atoms with Crippen molar-refractivity contribution < 1.29 is 4.79 Å². The van der Waals surface area contributed by atoms with Gasteiger partial charge in [0.05, 0.1) is 10.5 Å². The van der Waals surface area contributed by atoms with E-state index in [1.165, 1.54) is 21.7 Å². The molecule has 0 radical (unpaired) electrons. The maximum Gasteiger partial charge on any atom is 0.267 e. The van der Waals surface area contributed by atoms with Gasteiger partial charge < -0.3 is 5.32 Å². The second kappa shape index (κ2) is 9.03. The Morgan fingerprint density at radius 1 is 1.16 bits per heavy atom. The number of pyridine rings is 1. The molecule has 6 nitrogen and oxygen atoms in total. The highest BCUT2D eigenvalue weighted by Crippen LogP contribution is 2.33. The maximum absolute atomic E-state index is 13.3. The summed E-state index contributed by atoms with van der Waals surface area (Å²) in [6.45, 7) is 5.10. The molecular formula is C23H22N4O2S2. The second-order valence-electron chi connectivity index (χ2n) is 7.28. The van der Waals surface area contributed by atoms with Gasteiger partial charge in [-0.15, -0.1) is 0 Å². The molecule has 0 saturated carbocycles. The van der Waals surface area contributed by atoms with E-state index in [0.29, 0.717) is 39.3 Å². The number of nitrogens with zero attached hydrogens (tertiary/aromatic N) is 3. The van der Waals surface area contributed by atoms with Gasteiger partial charge in [0.15, 0.2) is 0 Å². The van der Waals surface area contributed by atoms with Crippen molar-refractivity contribution in [1.29, 1.82) is 0 Å². The van der Waals surface area contributed by atoms with Crippen molar-refractivity contribution in [1.82, 2.24) is 14.3 Å². The molecule has 0 aliphatic carbocycles. The van der Waals surface area contributed by atoms with Crippen LogP contribution < -0.4 is 10.9 Å². The molecule has 31 heavy (non-hydrogen) atoms. The number of hydrogen-bond donors (Lipinski definition) is 1. The largest absolute Gasteiger partial charge is 0.365 e. The van der Waals surface area contributed by atoms with Gasteiger partial charge in [-0.1, -0.05) is 66.8 Å². The van der Waals surface area contributed by atoms with Crippen molar-refractivity contribution in [2.24, 2.45) is 0 Å². The average Bonchev–Trinajstić information content (AvgIpc) is 3.03. The molecular weight excluding hydrogens is 428 g/mol. The SMILES string of the molecule is CCCN1C(=O)/C(=C/c2c(NCc3ccc(C)cc3)nc3ccccn3c2=O)SC1=S. The fraction of sp³-hybridized carbons (Fsp3) is 0.217. The molecule has 1 aromatic carbocycles. The standard InChI is InChI=1S/C23H22N4O2S2/c1-3-11-27-22(29)18(31-23(27)30)13-17-20(24-14-16-9-7-15(2)8-10-16)25-19-6-4-5-12-26(19)21(17)28/h4-10,12-13,24H,3,11,14H2,1-2H3/b18-13-. The van der Waals surface area contributed by atoms with Crippen LogP contribution in [0.25, 0.3) is 11.7 Å². The third kappa shape index (κ3) is 4.40. The van der Waals surface area contributed by atoms with Crippen LogP contribution in [0.2, 0.25) is 0 Å². The molecule has 3 aromatic rings. The Morgan fingerprint density at radius 3 is 2.68 bits per heavy atom. The minimum Gasteiger partial charge on any atom is -0.365 e. The van der Waals surface area contributed by atoms with Crippen molar-refractivity contribution in [3.05, 3.63) is 80.6 Å². The molecule has 1 aliphatic rings. The minimum atomic E-state index is -0.238. The molecule has 0 bridgehead atoms. The Hall–Kier alpha value is -2.97. The van der Waals surface area contributed by atoms with Crippen LogP contribution in [0, 0.1) is 6.92 Å². The Labute approximate surface area is 190 Å². The molecule has 0 spiro atoms. The summed E-state index contributed by atoms with van der Waals surface area (Å²) >= 11 is 6.58. The zero-order valence-electron chi connectivity index (χ0n) is 17.3. The number of aromatic nitrogens is 2. The van der Waals surface area contributed by atoms with Gasteiger partial charge in [0.1, 0.15) is 15.8 Å². The number of hydrogen-bond acceptors (Lipinski definition) is 6. The van der Waals surface area contributed by atoms with Gasteiger partial charge in [-0.3, -0.25) is 18.9 Å². The number of aryl methyl sites for hydroxylation is 1. The zero-order chi connectivity index (χ0) is 22.0. The monoisotopic (exact) mass is 450 g/mol. The van der Waals surface area contributed by atoms with Crippen LogP contribution in [0.15, 0.2) is 58.4 Å². The number of thiocarbonyl (C=S) groups is 1. The molecule has 1 fully saturated rings. The molecule has 2 aromatic heterocycles. The Balaban J connectivity index is 1.76. The van der Waals surface area contributed by atoms with Crippen LogP contribution in [-0.4, -0.2) is 31.1 Å². The molecule has 158 valence electrons. The summed E-state index contributed by atoms with van der Waals surface area (Å²) < 4.78 is 2.00. The lowest BCUT2D eigenvalue weighted by Gasteiger charge is -2.12. The van der Waals surface area contributed by atoms with E-state index in [2.05, 4.69) is 10.3 Å². The molecule has 1 amide bonds. The van der Waals surface area contributed by atoms with E-state index < -0.39 is 0 Å². The summed E-state index contributed by atoms with van der Waals surface area (Å²) in [6, 6.07) is 13.5. The van der Waals surface area contributed by atoms with E-state index >= 15 is 0 Å². The summed E-state index contributed by atoms with van der Waals surface area (Å²) in [4.78, 5) is 32.7. The number of thioether (sulfide) groups is 1. The number of amides is 1. The fourth-order valence-corrected chi connectivity index (χ4v) is 4.60. The van der Waals surface area contributed by atoms with Crippen LogP contribution in [0.5, 0.6) is 0 Å². The highest BCUT2D eigenvalue weighted by atomic mass is 32.2. The molecule has 1 N–H and O–H groups in total.